The number of hydrogen-bond acceptors (Lipinski definition) is 2. The van der Waals surface area contributed by atoms with Crippen molar-refractivity contribution in [2.75, 3.05) is 19.6 Å². The van der Waals surface area contributed by atoms with E-state index in [2.05, 4.69) is 30.6 Å². The largest absolute Gasteiger partial charge is 0.356 e. The van der Waals surface area contributed by atoms with Crippen molar-refractivity contribution >= 4 is 5.91 Å². The molecule has 0 spiro atoms. The van der Waals surface area contributed by atoms with E-state index >= 15 is 0 Å². The molecule has 1 atom stereocenters. The molecule has 3 heteroatoms. The summed E-state index contributed by atoms with van der Waals surface area (Å²) < 4.78 is 0. The molecule has 0 aliphatic carbocycles. The quantitative estimate of drug-likeness (QED) is 0.676. The predicted octanol–water partition coefficient (Wildman–Crippen LogP) is 1.85. The van der Waals surface area contributed by atoms with Crippen LogP contribution < -0.4 is 10.6 Å². The van der Waals surface area contributed by atoms with Crippen LogP contribution in [-0.4, -0.2) is 25.5 Å². The zero-order valence-electron chi connectivity index (χ0n) is 10.5. The monoisotopic (exact) mass is 224 g/mol. The fraction of sp³-hybridized carbons (Fsp3) is 0.769. The van der Waals surface area contributed by atoms with Crippen molar-refractivity contribution in [1.29, 1.82) is 0 Å². The second kappa shape index (κ2) is 7.44. The van der Waals surface area contributed by atoms with Crippen molar-refractivity contribution in [2.24, 2.45) is 5.92 Å². The average Bonchev–Trinajstić information content (AvgIpc) is 2.30. The minimum absolute atomic E-state index is 0.198. The molecule has 3 nitrogen and oxygen atoms in total. The van der Waals surface area contributed by atoms with Crippen LogP contribution in [0.1, 0.15) is 39.5 Å². The zero-order chi connectivity index (χ0) is 11.8. The standard InChI is InChI=1S/C13H24N2O/c1-3-11(2)10-13(16)15-9-6-12-4-7-14-8-5-12/h4,11,14H,3,5-10H2,1-2H3,(H,15,16). The van der Waals surface area contributed by atoms with E-state index in [1.54, 1.807) is 0 Å². The molecule has 1 aliphatic heterocycles. The van der Waals surface area contributed by atoms with E-state index in [0.717, 1.165) is 38.9 Å². The second-order valence-corrected chi connectivity index (χ2v) is 4.63. The molecule has 92 valence electrons. The summed E-state index contributed by atoms with van der Waals surface area (Å²) >= 11 is 0. The van der Waals surface area contributed by atoms with Gasteiger partial charge in [-0.2, -0.15) is 0 Å². The Morgan fingerprint density at radius 3 is 3.06 bits per heavy atom. The topological polar surface area (TPSA) is 41.1 Å². The van der Waals surface area contributed by atoms with Crippen LogP contribution in [-0.2, 0) is 4.79 Å². The van der Waals surface area contributed by atoms with E-state index in [0.29, 0.717) is 12.3 Å². The van der Waals surface area contributed by atoms with Crippen LogP contribution in [0.3, 0.4) is 0 Å². The average molecular weight is 224 g/mol. The molecule has 0 aromatic rings. The Morgan fingerprint density at radius 1 is 1.62 bits per heavy atom. The lowest BCUT2D eigenvalue weighted by Gasteiger charge is -2.14. The lowest BCUT2D eigenvalue weighted by atomic mass is 10.0. The number of carbonyl (C=O) groups excluding carboxylic acids is 1. The van der Waals surface area contributed by atoms with Gasteiger partial charge >= 0.3 is 0 Å². The van der Waals surface area contributed by atoms with Gasteiger partial charge in [0.25, 0.3) is 0 Å². The molecule has 0 aromatic carbocycles. The van der Waals surface area contributed by atoms with Crippen molar-refractivity contribution in [3.05, 3.63) is 11.6 Å². The summed E-state index contributed by atoms with van der Waals surface area (Å²) in [4.78, 5) is 11.5. The van der Waals surface area contributed by atoms with Crippen molar-refractivity contribution in [1.82, 2.24) is 10.6 Å². The maximum atomic E-state index is 11.5. The zero-order valence-corrected chi connectivity index (χ0v) is 10.5. The first-order chi connectivity index (χ1) is 7.72. The maximum Gasteiger partial charge on any atom is 0.220 e. The molecule has 1 unspecified atom stereocenters. The van der Waals surface area contributed by atoms with Crippen LogP contribution in [0.4, 0.5) is 0 Å². The smallest absolute Gasteiger partial charge is 0.220 e. The number of carbonyl (C=O) groups is 1. The summed E-state index contributed by atoms with van der Waals surface area (Å²) in [7, 11) is 0. The highest BCUT2D eigenvalue weighted by Gasteiger charge is 2.07. The molecule has 1 rings (SSSR count). The first kappa shape index (κ1) is 13.2. The molecule has 1 aliphatic rings. The summed E-state index contributed by atoms with van der Waals surface area (Å²) in [6.07, 6.45) is 6.11. The molecule has 1 amide bonds. The van der Waals surface area contributed by atoms with Gasteiger partial charge in [-0.05, 0) is 25.3 Å². The van der Waals surface area contributed by atoms with E-state index in [1.807, 2.05) is 0 Å². The van der Waals surface area contributed by atoms with Crippen molar-refractivity contribution < 1.29 is 4.79 Å². The van der Waals surface area contributed by atoms with E-state index in [-0.39, 0.29) is 5.91 Å². The molecule has 0 saturated heterocycles. The fourth-order valence-corrected chi connectivity index (χ4v) is 1.79. The third kappa shape index (κ3) is 5.31. The molecule has 0 saturated carbocycles. The summed E-state index contributed by atoms with van der Waals surface area (Å²) in [5, 5.41) is 6.28. The van der Waals surface area contributed by atoms with E-state index < -0.39 is 0 Å². The van der Waals surface area contributed by atoms with Gasteiger partial charge in [0.05, 0.1) is 0 Å². The summed E-state index contributed by atoms with van der Waals surface area (Å²) in [5.41, 5.74) is 1.47. The van der Waals surface area contributed by atoms with Crippen molar-refractivity contribution in [2.45, 2.75) is 39.5 Å². The minimum Gasteiger partial charge on any atom is -0.356 e. The van der Waals surface area contributed by atoms with Crippen LogP contribution >= 0.6 is 0 Å². The highest BCUT2D eigenvalue weighted by molar-refractivity contribution is 5.76. The number of amides is 1. The van der Waals surface area contributed by atoms with Gasteiger partial charge in [0.15, 0.2) is 0 Å². The third-order valence-corrected chi connectivity index (χ3v) is 3.16. The van der Waals surface area contributed by atoms with Gasteiger partial charge in [-0.1, -0.05) is 31.9 Å². The van der Waals surface area contributed by atoms with Crippen LogP contribution in [0.2, 0.25) is 0 Å². The predicted molar refractivity (Wildman–Crippen MR) is 67.3 cm³/mol. The first-order valence-corrected chi connectivity index (χ1v) is 6.37. The Morgan fingerprint density at radius 2 is 2.44 bits per heavy atom. The number of nitrogens with one attached hydrogen (secondary N) is 2. The van der Waals surface area contributed by atoms with Crippen LogP contribution in [0, 0.1) is 5.92 Å². The maximum absolute atomic E-state index is 11.5. The molecule has 2 N–H and O–H groups in total. The lowest BCUT2D eigenvalue weighted by Crippen LogP contribution is -2.27. The van der Waals surface area contributed by atoms with Gasteiger partial charge in [-0.15, -0.1) is 0 Å². The molecule has 0 fully saturated rings. The summed E-state index contributed by atoms with van der Waals surface area (Å²) in [6.45, 7) is 7.09. The normalized spacial score (nSPS) is 17.8. The van der Waals surface area contributed by atoms with E-state index in [9.17, 15) is 4.79 Å². The Hall–Kier alpha value is -0.830. The van der Waals surface area contributed by atoms with E-state index in [4.69, 9.17) is 0 Å². The Balaban J connectivity index is 2.10. The van der Waals surface area contributed by atoms with Gasteiger partial charge in [-0.3, -0.25) is 4.79 Å². The van der Waals surface area contributed by atoms with Crippen LogP contribution in [0.15, 0.2) is 11.6 Å². The third-order valence-electron chi connectivity index (χ3n) is 3.16. The Kier molecular flexibility index (Phi) is 6.16. The highest BCUT2D eigenvalue weighted by Crippen LogP contribution is 2.09. The van der Waals surface area contributed by atoms with Gasteiger partial charge in [0, 0.05) is 19.5 Å². The minimum atomic E-state index is 0.198. The lowest BCUT2D eigenvalue weighted by molar-refractivity contribution is -0.121. The molecule has 0 aromatic heterocycles. The first-order valence-electron chi connectivity index (χ1n) is 6.37. The van der Waals surface area contributed by atoms with Crippen molar-refractivity contribution in [3.8, 4) is 0 Å². The molecule has 16 heavy (non-hydrogen) atoms. The van der Waals surface area contributed by atoms with Gasteiger partial charge in [0.1, 0.15) is 0 Å². The number of hydrogen-bond donors (Lipinski definition) is 2. The van der Waals surface area contributed by atoms with Gasteiger partial charge in [0.2, 0.25) is 5.91 Å². The highest BCUT2D eigenvalue weighted by atomic mass is 16.1. The summed E-state index contributed by atoms with van der Waals surface area (Å²) in [5.74, 6) is 0.696. The summed E-state index contributed by atoms with van der Waals surface area (Å²) in [6, 6.07) is 0. The van der Waals surface area contributed by atoms with Crippen molar-refractivity contribution in [3.63, 3.8) is 0 Å². The Labute approximate surface area is 98.7 Å². The van der Waals surface area contributed by atoms with E-state index in [1.165, 1.54) is 5.57 Å². The van der Waals surface area contributed by atoms with Crippen LogP contribution in [0.5, 0.6) is 0 Å². The van der Waals surface area contributed by atoms with Gasteiger partial charge < -0.3 is 10.6 Å². The molecule has 1 heterocycles. The van der Waals surface area contributed by atoms with Crippen LogP contribution in [0.25, 0.3) is 0 Å². The number of rotatable bonds is 6. The molecular formula is C13H24N2O. The molecule has 0 bridgehead atoms. The molecule has 0 radical (unpaired) electrons. The second-order valence-electron chi connectivity index (χ2n) is 4.63. The SMILES string of the molecule is CCC(C)CC(=O)NCCC1=CCNCC1. The molecular weight excluding hydrogens is 200 g/mol. The van der Waals surface area contributed by atoms with Gasteiger partial charge in [-0.25, -0.2) is 0 Å². The fourth-order valence-electron chi connectivity index (χ4n) is 1.79. The Bertz CT molecular complexity index is 248.